The molecule has 3 rings (SSSR count). The predicted molar refractivity (Wildman–Crippen MR) is 89.1 cm³/mol. The van der Waals surface area contributed by atoms with Gasteiger partial charge in [0.05, 0.1) is 5.56 Å². The Morgan fingerprint density at radius 2 is 1.92 bits per heavy atom. The summed E-state index contributed by atoms with van der Waals surface area (Å²) in [6, 6.07) is 12.2. The Morgan fingerprint density at radius 3 is 2.64 bits per heavy atom. The van der Waals surface area contributed by atoms with Crippen molar-refractivity contribution in [1.29, 1.82) is 0 Å². The number of rotatable bonds is 6. The lowest BCUT2D eigenvalue weighted by Gasteiger charge is -2.17. The number of carbonyl (C=O) groups is 3. The number of nitrogens with zero attached hydrogens (tertiary/aromatic N) is 2. The van der Waals surface area contributed by atoms with E-state index in [4.69, 9.17) is 4.74 Å². The molecule has 0 saturated heterocycles. The molecule has 7 heteroatoms. The topological polar surface area (TPSA) is 88.6 Å². The minimum absolute atomic E-state index is 0.0812. The van der Waals surface area contributed by atoms with Gasteiger partial charge in [0.2, 0.25) is 0 Å². The molecule has 2 aromatic rings. The molecule has 3 amide bonds. The molecule has 0 fully saturated rings. The maximum Gasteiger partial charge on any atom is 0.280 e. The number of hydrogen-bond acceptors (Lipinski definition) is 5. The van der Waals surface area contributed by atoms with E-state index in [-0.39, 0.29) is 24.7 Å². The van der Waals surface area contributed by atoms with Gasteiger partial charge in [0.1, 0.15) is 11.4 Å². The van der Waals surface area contributed by atoms with Gasteiger partial charge in [-0.3, -0.25) is 24.3 Å². The van der Waals surface area contributed by atoms with E-state index in [2.05, 4.69) is 10.3 Å². The van der Waals surface area contributed by atoms with Gasteiger partial charge in [-0.2, -0.15) is 0 Å². The van der Waals surface area contributed by atoms with E-state index in [1.807, 2.05) is 18.2 Å². The molecule has 0 saturated carbocycles. The highest BCUT2D eigenvalue weighted by atomic mass is 16.5. The molecule has 1 aliphatic heterocycles. The van der Waals surface area contributed by atoms with Gasteiger partial charge in [0.25, 0.3) is 17.7 Å². The number of amides is 3. The van der Waals surface area contributed by atoms with E-state index in [1.54, 1.807) is 31.2 Å². The van der Waals surface area contributed by atoms with Crippen LogP contribution >= 0.6 is 0 Å². The number of ether oxygens (including phenoxy) is 1. The molecule has 1 atom stereocenters. The predicted octanol–water partition coefficient (Wildman–Crippen LogP) is 1.26. The van der Waals surface area contributed by atoms with Crippen LogP contribution in [0, 0.1) is 0 Å². The van der Waals surface area contributed by atoms with Crippen LogP contribution in [0.5, 0.6) is 5.75 Å². The van der Waals surface area contributed by atoms with Crippen molar-refractivity contribution >= 4 is 17.7 Å². The first kappa shape index (κ1) is 16.6. The molecule has 1 aliphatic rings. The zero-order chi connectivity index (χ0) is 17.8. The van der Waals surface area contributed by atoms with Crippen LogP contribution in [0.2, 0.25) is 0 Å². The second-order valence-corrected chi connectivity index (χ2v) is 5.53. The number of fused-ring (bicyclic) bond motifs is 1. The first-order chi connectivity index (χ1) is 12.1. The quantitative estimate of drug-likeness (QED) is 0.801. The first-order valence-electron chi connectivity index (χ1n) is 7.88. The highest BCUT2D eigenvalue weighted by Crippen LogP contribution is 2.19. The number of aromatic nitrogens is 1. The SMILES string of the molecule is C[C@@H](Oc1ccccc1)C(=O)NCCN1C(=O)c2cccnc2C1=O. The van der Waals surface area contributed by atoms with Crippen LogP contribution in [0.1, 0.15) is 27.8 Å². The number of nitrogens with one attached hydrogen (secondary N) is 1. The smallest absolute Gasteiger partial charge is 0.280 e. The molecule has 0 spiro atoms. The second-order valence-electron chi connectivity index (χ2n) is 5.53. The van der Waals surface area contributed by atoms with Crippen molar-refractivity contribution in [2.75, 3.05) is 13.1 Å². The third-order valence-corrected chi connectivity index (χ3v) is 3.79. The van der Waals surface area contributed by atoms with Gasteiger partial charge in [0.15, 0.2) is 6.10 Å². The molecule has 0 radical (unpaired) electrons. The summed E-state index contributed by atoms with van der Waals surface area (Å²) < 4.78 is 5.52. The third-order valence-electron chi connectivity index (χ3n) is 3.79. The second kappa shape index (κ2) is 7.12. The fraction of sp³-hybridized carbons (Fsp3) is 0.222. The highest BCUT2D eigenvalue weighted by Gasteiger charge is 2.36. The summed E-state index contributed by atoms with van der Waals surface area (Å²) in [5, 5.41) is 2.67. The van der Waals surface area contributed by atoms with E-state index >= 15 is 0 Å². The zero-order valence-corrected chi connectivity index (χ0v) is 13.6. The lowest BCUT2D eigenvalue weighted by Crippen LogP contribution is -2.42. The van der Waals surface area contributed by atoms with Crippen molar-refractivity contribution in [1.82, 2.24) is 15.2 Å². The van der Waals surface area contributed by atoms with E-state index in [0.717, 1.165) is 4.90 Å². The highest BCUT2D eigenvalue weighted by molar-refractivity contribution is 6.20. The lowest BCUT2D eigenvalue weighted by molar-refractivity contribution is -0.127. The summed E-state index contributed by atoms with van der Waals surface area (Å²) >= 11 is 0. The number of carbonyl (C=O) groups excluding carboxylic acids is 3. The maximum absolute atomic E-state index is 12.2. The van der Waals surface area contributed by atoms with Crippen molar-refractivity contribution in [2.45, 2.75) is 13.0 Å². The van der Waals surface area contributed by atoms with Crippen molar-refractivity contribution in [3.05, 3.63) is 59.9 Å². The minimum Gasteiger partial charge on any atom is -0.481 e. The van der Waals surface area contributed by atoms with Crippen molar-refractivity contribution in [3.8, 4) is 5.75 Å². The minimum atomic E-state index is -0.689. The fourth-order valence-electron chi connectivity index (χ4n) is 2.51. The Labute approximate surface area is 144 Å². The van der Waals surface area contributed by atoms with Gasteiger partial charge in [-0.1, -0.05) is 18.2 Å². The Balaban J connectivity index is 1.51. The fourth-order valence-corrected chi connectivity index (χ4v) is 2.51. The Hall–Kier alpha value is -3.22. The van der Waals surface area contributed by atoms with Crippen molar-refractivity contribution in [2.24, 2.45) is 0 Å². The summed E-state index contributed by atoms with van der Waals surface area (Å²) in [4.78, 5) is 41.4. The van der Waals surface area contributed by atoms with Crippen LogP contribution in [-0.2, 0) is 4.79 Å². The largest absolute Gasteiger partial charge is 0.481 e. The number of para-hydroxylation sites is 1. The first-order valence-corrected chi connectivity index (χ1v) is 7.88. The molecule has 1 N–H and O–H groups in total. The molecule has 2 heterocycles. The molecule has 7 nitrogen and oxygen atoms in total. The summed E-state index contributed by atoms with van der Waals surface area (Å²) in [5.41, 5.74) is 0.444. The van der Waals surface area contributed by atoms with E-state index in [9.17, 15) is 14.4 Å². The average Bonchev–Trinajstić information content (AvgIpc) is 2.87. The molecule has 0 aliphatic carbocycles. The summed E-state index contributed by atoms with van der Waals surface area (Å²) in [7, 11) is 0. The normalized spacial score (nSPS) is 14.2. The van der Waals surface area contributed by atoms with Crippen LogP contribution in [0.4, 0.5) is 0 Å². The van der Waals surface area contributed by atoms with Crippen molar-refractivity contribution in [3.63, 3.8) is 0 Å². The monoisotopic (exact) mass is 339 g/mol. The van der Waals surface area contributed by atoms with E-state index in [0.29, 0.717) is 11.3 Å². The van der Waals surface area contributed by atoms with Crippen LogP contribution in [0.3, 0.4) is 0 Å². The summed E-state index contributed by atoms with van der Waals surface area (Å²) in [6.07, 6.45) is 0.781. The summed E-state index contributed by atoms with van der Waals surface area (Å²) in [6.45, 7) is 1.86. The molecule has 0 bridgehead atoms. The van der Waals surface area contributed by atoms with Gasteiger partial charge in [0, 0.05) is 19.3 Å². The average molecular weight is 339 g/mol. The molecule has 128 valence electrons. The third kappa shape index (κ3) is 3.50. The van der Waals surface area contributed by atoms with Gasteiger partial charge in [-0.15, -0.1) is 0 Å². The molecule has 0 unspecified atom stereocenters. The van der Waals surface area contributed by atoms with Gasteiger partial charge < -0.3 is 10.1 Å². The van der Waals surface area contributed by atoms with Crippen LogP contribution in [0.15, 0.2) is 48.7 Å². The Bertz CT molecular complexity index is 772. The number of imide groups is 1. The van der Waals surface area contributed by atoms with Crippen LogP contribution in [-0.4, -0.2) is 46.8 Å². The standard InChI is InChI=1S/C18H17N3O4/c1-12(25-13-6-3-2-4-7-13)16(22)20-10-11-21-17(23)14-8-5-9-19-15(14)18(21)24/h2-9,12H,10-11H2,1H3,(H,20,22)/t12-/m1/s1. The van der Waals surface area contributed by atoms with Gasteiger partial charge in [-0.05, 0) is 31.2 Å². The molecular formula is C18H17N3O4. The summed E-state index contributed by atoms with van der Waals surface area (Å²) in [5.74, 6) is -0.561. The zero-order valence-electron chi connectivity index (χ0n) is 13.6. The molecule has 1 aromatic carbocycles. The van der Waals surface area contributed by atoms with E-state index in [1.165, 1.54) is 6.20 Å². The van der Waals surface area contributed by atoms with Crippen LogP contribution < -0.4 is 10.1 Å². The number of hydrogen-bond donors (Lipinski definition) is 1. The Morgan fingerprint density at radius 1 is 1.16 bits per heavy atom. The van der Waals surface area contributed by atoms with Crippen LogP contribution in [0.25, 0.3) is 0 Å². The number of benzene rings is 1. The number of pyridine rings is 1. The maximum atomic E-state index is 12.2. The lowest BCUT2D eigenvalue weighted by atomic mass is 10.2. The van der Waals surface area contributed by atoms with Crippen molar-refractivity contribution < 1.29 is 19.1 Å². The van der Waals surface area contributed by atoms with E-state index < -0.39 is 17.9 Å². The molecule has 1 aromatic heterocycles. The molecule has 25 heavy (non-hydrogen) atoms. The van der Waals surface area contributed by atoms with Gasteiger partial charge in [-0.25, -0.2) is 0 Å². The van der Waals surface area contributed by atoms with Gasteiger partial charge >= 0.3 is 0 Å². The molecular weight excluding hydrogens is 322 g/mol. The Kier molecular flexibility index (Phi) is 4.74.